The van der Waals surface area contributed by atoms with Crippen LogP contribution in [0.15, 0.2) is 18.2 Å². The molecule has 0 bridgehead atoms. The van der Waals surface area contributed by atoms with Gasteiger partial charge in [0.1, 0.15) is 17.0 Å². The number of urea groups is 1. The molecule has 2 N–H and O–H groups in total. The average Bonchev–Trinajstić information content (AvgIpc) is 2.96. The monoisotopic (exact) mass is 418 g/mol. The maximum absolute atomic E-state index is 12.7. The zero-order valence-corrected chi connectivity index (χ0v) is 17.8. The highest BCUT2D eigenvalue weighted by atomic mass is 16.5. The van der Waals surface area contributed by atoms with E-state index in [9.17, 15) is 14.4 Å². The topological polar surface area (TPSA) is 100 Å². The number of ether oxygens (including phenoxy) is 2. The maximum atomic E-state index is 12.7. The van der Waals surface area contributed by atoms with Crippen molar-refractivity contribution in [3.05, 3.63) is 23.8 Å². The van der Waals surface area contributed by atoms with Gasteiger partial charge in [0, 0.05) is 31.1 Å². The number of carbonyl (C=O) groups is 3. The number of hydrazine groups is 1. The highest BCUT2D eigenvalue weighted by molar-refractivity contribution is 6.08. The number of rotatable bonds is 8. The minimum atomic E-state index is -0.843. The smallest absolute Gasteiger partial charge is 0.344 e. The van der Waals surface area contributed by atoms with Crippen molar-refractivity contribution < 1.29 is 23.9 Å². The Morgan fingerprint density at radius 2 is 1.93 bits per heavy atom. The van der Waals surface area contributed by atoms with Gasteiger partial charge in [-0.15, -0.1) is 0 Å². The number of nitrogens with zero attached hydrogens (tertiary/aromatic N) is 2. The third-order valence-electron chi connectivity index (χ3n) is 5.76. The SMILES string of the molecule is COc1ccc(CN(C)CCC(=O)NN2C(=O)NC3(CCCCC3)C2=O)c(OC)c1. The van der Waals surface area contributed by atoms with E-state index in [1.807, 2.05) is 30.1 Å². The molecule has 2 fully saturated rings. The van der Waals surface area contributed by atoms with E-state index < -0.39 is 11.6 Å². The van der Waals surface area contributed by atoms with Crippen LogP contribution in [0.5, 0.6) is 11.5 Å². The van der Waals surface area contributed by atoms with Gasteiger partial charge in [-0.05, 0) is 26.0 Å². The second kappa shape index (κ2) is 9.34. The standard InChI is InChI=1S/C21H30N4O5/c1-24(14-15-7-8-16(29-2)13-17(15)30-3)12-9-18(26)23-25-19(27)21(22-20(25)28)10-5-4-6-11-21/h7-8,13H,4-6,9-12,14H2,1-3H3,(H,22,28)(H,23,26). The van der Waals surface area contributed by atoms with Gasteiger partial charge in [0.05, 0.1) is 14.2 Å². The summed E-state index contributed by atoms with van der Waals surface area (Å²) in [4.78, 5) is 39.3. The van der Waals surface area contributed by atoms with Crippen LogP contribution in [0.1, 0.15) is 44.1 Å². The second-order valence-electron chi connectivity index (χ2n) is 7.91. The van der Waals surface area contributed by atoms with E-state index in [0.717, 1.165) is 29.8 Å². The first-order valence-electron chi connectivity index (χ1n) is 10.2. The van der Waals surface area contributed by atoms with E-state index in [1.165, 1.54) is 0 Å². The van der Waals surface area contributed by atoms with Crippen LogP contribution >= 0.6 is 0 Å². The molecule has 0 radical (unpaired) electrons. The number of hydrogen-bond donors (Lipinski definition) is 2. The van der Waals surface area contributed by atoms with Gasteiger partial charge in [-0.25, -0.2) is 4.79 Å². The first-order valence-corrected chi connectivity index (χ1v) is 10.2. The molecule has 1 aliphatic carbocycles. The molecule has 1 heterocycles. The van der Waals surface area contributed by atoms with E-state index in [1.54, 1.807) is 14.2 Å². The summed E-state index contributed by atoms with van der Waals surface area (Å²) in [6.07, 6.45) is 4.25. The van der Waals surface area contributed by atoms with Crippen molar-refractivity contribution in [2.45, 2.75) is 50.6 Å². The van der Waals surface area contributed by atoms with Gasteiger partial charge in [-0.3, -0.25) is 15.0 Å². The molecule has 1 spiro atoms. The predicted octanol–water partition coefficient (Wildman–Crippen LogP) is 1.81. The van der Waals surface area contributed by atoms with Crippen molar-refractivity contribution in [2.75, 3.05) is 27.8 Å². The fourth-order valence-electron chi connectivity index (χ4n) is 4.04. The van der Waals surface area contributed by atoms with E-state index in [4.69, 9.17) is 9.47 Å². The average molecular weight is 418 g/mol. The minimum absolute atomic E-state index is 0.152. The van der Waals surface area contributed by atoms with Crippen molar-refractivity contribution in [1.29, 1.82) is 0 Å². The summed E-state index contributed by atoms with van der Waals surface area (Å²) in [5.74, 6) is 0.696. The number of nitrogens with one attached hydrogen (secondary N) is 2. The highest BCUT2D eigenvalue weighted by Crippen LogP contribution is 2.33. The van der Waals surface area contributed by atoms with E-state index in [2.05, 4.69) is 10.7 Å². The maximum Gasteiger partial charge on any atom is 0.344 e. The lowest BCUT2D eigenvalue weighted by atomic mass is 9.82. The molecule has 0 aromatic heterocycles. The first-order chi connectivity index (χ1) is 14.4. The van der Waals surface area contributed by atoms with Crippen LogP contribution in [0.4, 0.5) is 4.79 Å². The minimum Gasteiger partial charge on any atom is -0.497 e. The Morgan fingerprint density at radius 3 is 2.60 bits per heavy atom. The van der Waals surface area contributed by atoms with E-state index in [-0.39, 0.29) is 18.2 Å². The zero-order valence-electron chi connectivity index (χ0n) is 17.8. The lowest BCUT2D eigenvalue weighted by molar-refractivity contribution is -0.140. The number of hydrogen-bond acceptors (Lipinski definition) is 6. The third-order valence-corrected chi connectivity index (χ3v) is 5.76. The summed E-state index contributed by atoms with van der Waals surface area (Å²) >= 11 is 0. The Labute approximate surface area is 176 Å². The highest BCUT2D eigenvalue weighted by Gasteiger charge is 2.52. The summed E-state index contributed by atoms with van der Waals surface area (Å²) in [6.45, 7) is 1.03. The quantitative estimate of drug-likeness (QED) is 0.625. The van der Waals surface area contributed by atoms with E-state index in [0.29, 0.717) is 37.4 Å². The van der Waals surface area contributed by atoms with Gasteiger partial charge in [0.15, 0.2) is 0 Å². The molecule has 30 heavy (non-hydrogen) atoms. The molecule has 1 aromatic carbocycles. The van der Waals surface area contributed by atoms with Crippen LogP contribution in [0.25, 0.3) is 0 Å². The van der Waals surface area contributed by atoms with Gasteiger partial charge in [-0.1, -0.05) is 25.3 Å². The molecular weight excluding hydrogens is 388 g/mol. The molecule has 1 aromatic rings. The van der Waals surface area contributed by atoms with Gasteiger partial charge in [-0.2, -0.15) is 5.01 Å². The predicted molar refractivity (Wildman–Crippen MR) is 110 cm³/mol. The molecule has 0 atom stereocenters. The van der Waals surface area contributed by atoms with Gasteiger partial charge in [0.2, 0.25) is 5.91 Å². The van der Waals surface area contributed by atoms with Crippen LogP contribution in [-0.2, 0) is 16.1 Å². The Bertz CT molecular complexity index is 807. The lowest BCUT2D eigenvalue weighted by Crippen LogP contribution is -2.51. The van der Waals surface area contributed by atoms with Crippen LogP contribution in [-0.4, -0.2) is 61.1 Å². The number of carbonyl (C=O) groups excluding carboxylic acids is 3. The molecule has 1 saturated carbocycles. The summed E-state index contributed by atoms with van der Waals surface area (Å²) in [7, 11) is 5.09. The van der Waals surface area contributed by atoms with E-state index >= 15 is 0 Å². The molecule has 1 aliphatic heterocycles. The lowest BCUT2D eigenvalue weighted by Gasteiger charge is -2.30. The summed E-state index contributed by atoms with van der Waals surface area (Å²) < 4.78 is 10.6. The molecule has 1 saturated heterocycles. The second-order valence-corrected chi connectivity index (χ2v) is 7.91. The summed E-state index contributed by atoms with van der Waals surface area (Å²) in [5, 5.41) is 3.63. The summed E-state index contributed by atoms with van der Waals surface area (Å²) in [5.41, 5.74) is 2.60. The van der Waals surface area contributed by atoms with Crippen LogP contribution in [0, 0.1) is 0 Å². The molecular formula is C21H30N4O5. The summed E-state index contributed by atoms with van der Waals surface area (Å²) in [6, 6.07) is 5.04. The molecule has 9 nitrogen and oxygen atoms in total. The fourth-order valence-corrected chi connectivity index (χ4v) is 4.04. The van der Waals surface area contributed by atoms with Gasteiger partial charge < -0.3 is 19.7 Å². The number of methoxy groups -OCH3 is 2. The third kappa shape index (κ3) is 4.67. The number of benzene rings is 1. The molecule has 3 rings (SSSR count). The Balaban J connectivity index is 1.51. The van der Waals surface area contributed by atoms with Crippen LogP contribution < -0.4 is 20.2 Å². The zero-order chi connectivity index (χ0) is 21.7. The Kier molecular flexibility index (Phi) is 6.81. The Morgan fingerprint density at radius 1 is 1.20 bits per heavy atom. The van der Waals surface area contributed by atoms with Crippen molar-refractivity contribution >= 4 is 17.8 Å². The fraction of sp³-hybridized carbons (Fsp3) is 0.571. The van der Waals surface area contributed by atoms with Gasteiger partial charge in [0.25, 0.3) is 5.91 Å². The normalized spacial score (nSPS) is 17.9. The van der Waals surface area contributed by atoms with Crippen molar-refractivity contribution in [3.8, 4) is 11.5 Å². The first kappa shape index (κ1) is 21.9. The molecule has 2 aliphatic rings. The van der Waals surface area contributed by atoms with Crippen molar-refractivity contribution in [1.82, 2.24) is 20.7 Å². The van der Waals surface area contributed by atoms with Crippen molar-refractivity contribution in [3.63, 3.8) is 0 Å². The van der Waals surface area contributed by atoms with Gasteiger partial charge >= 0.3 is 6.03 Å². The number of amides is 4. The molecule has 4 amide bonds. The van der Waals surface area contributed by atoms with Crippen molar-refractivity contribution in [2.24, 2.45) is 0 Å². The molecule has 164 valence electrons. The van der Waals surface area contributed by atoms with Crippen LogP contribution in [0.3, 0.4) is 0 Å². The molecule has 9 heteroatoms. The Hall–Kier alpha value is -2.81. The van der Waals surface area contributed by atoms with Crippen LogP contribution in [0.2, 0.25) is 0 Å². The largest absolute Gasteiger partial charge is 0.497 e. The molecule has 0 unspecified atom stereocenters. The number of imide groups is 1.